The summed E-state index contributed by atoms with van der Waals surface area (Å²) in [6, 6.07) is 12.3. The predicted octanol–water partition coefficient (Wildman–Crippen LogP) is 5.69. The highest BCUT2D eigenvalue weighted by Crippen LogP contribution is 2.34. The average Bonchev–Trinajstić information content (AvgIpc) is 2.78. The zero-order valence-electron chi connectivity index (χ0n) is 18.9. The Kier molecular flexibility index (Phi) is 8.76. The smallest absolute Gasteiger partial charge is 0.303 e. The molecular formula is C24H26Cl2N2O5S. The van der Waals surface area contributed by atoms with E-state index in [1.807, 2.05) is 31.2 Å². The zero-order valence-corrected chi connectivity index (χ0v) is 21.3. The highest BCUT2D eigenvalue weighted by atomic mass is 35.5. The number of para-hydroxylation sites is 1. The van der Waals surface area contributed by atoms with Crippen LogP contribution in [0.4, 0.5) is 0 Å². The molecule has 2 aromatic carbocycles. The Morgan fingerprint density at radius 1 is 1.09 bits per heavy atom. The number of pyridine rings is 1. The Balaban J connectivity index is 1.78. The molecule has 182 valence electrons. The molecule has 7 nitrogen and oxygen atoms in total. The number of carbonyl (C=O) groups is 1. The number of fused-ring (bicyclic) bond motifs is 1. The van der Waals surface area contributed by atoms with Crippen molar-refractivity contribution >= 4 is 50.1 Å². The standard InChI is InChI=1S/C24H26Cl2N2O5S/c1-16-10-11-17-7-6-8-20(24(17)27-16)33-15-18-19(25)12-13-21(23(18)26)34(31,32)28(2)14-5-3-4-9-22(29)30/h6-8,10-13H,3-5,9,14-15H2,1-2H3,(H,29,30). The van der Waals surface area contributed by atoms with Gasteiger partial charge in [-0.3, -0.25) is 4.79 Å². The van der Waals surface area contributed by atoms with Crippen LogP contribution in [0, 0.1) is 6.92 Å². The minimum atomic E-state index is -3.88. The van der Waals surface area contributed by atoms with Crippen molar-refractivity contribution in [2.75, 3.05) is 13.6 Å². The van der Waals surface area contributed by atoms with E-state index >= 15 is 0 Å². The quantitative estimate of drug-likeness (QED) is 0.323. The van der Waals surface area contributed by atoms with E-state index in [-0.39, 0.29) is 29.5 Å². The molecule has 0 radical (unpaired) electrons. The first-order valence-electron chi connectivity index (χ1n) is 10.8. The molecule has 0 saturated carbocycles. The summed E-state index contributed by atoms with van der Waals surface area (Å²) in [6.45, 7) is 2.10. The van der Waals surface area contributed by atoms with Crippen molar-refractivity contribution in [1.82, 2.24) is 9.29 Å². The third-order valence-electron chi connectivity index (χ3n) is 5.40. The molecule has 0 aliphatic carbocycles. The number of aromatic nitrogens is 1. The molecule has 3 rings (SSSR count). The highest BCUT2D eigenvalue weighted by molar-refractivity contribution is 7.89. The number of aryl methyl sites for hydroxylation is 1. The fourth-order valence-corrected chi connectivity index (χ4v) is 5.53. The number of carboxylic acids is 1. The molecular weight excluding hydrogens is 499 g/mol. The molecule has 1 N–H and O–H groups in total. The first-order chi connectivity index (χ1) is 16.1. The SMILES string of the molecule is Cc1ccc2cccc(OCc3c(Cl)ccc(S(=O)(=O)N(C)CCCCCC(=O)O)c3Cl)c2n1. The van der Waals surface area contributed by atoms with Crippen LogP contribution >= 0.6 is 23.2 Å². The van der Waals surface area contributed by atoms with E-state index in [1.165, 1.54) is 23.5 Å². The fraction of sp³-hybridized carbons (Fsp3) is 0.333. The molecule has 0 spiro atoms. The van der Waals surface area contributed by atoms with E-state index in [0.29, 0.717) is 41.1 Å². The Labute approximate surface area is 209 Å². The number of rotatable bonds is 11. The van der Waals surface area contributed by atoms with Gasteiger partial charge in [0.1, 0.15) is 22.8 Å². The van der Waals surface area contributed by atoms with Crippen LogP contribution in [0.25, 0.3) is 10.9 Å². The van der Waals surface area contributed by atoms with Crippen LogP contribution < -0.4 is 4.74 Å². The van der Waals surface area contributed by atoms with E-state index in [2.05, 4.69) is 4.98 Å². The molecule has 0 bridgehead atoms. The number of hydrogen-bond acceptors (Lipinski definition) is 5. The van der Waals surface area contributed by atoms with Crippen molar-refractivity contribution in [2.24, 2.45) is 0 Å². The summed E-state index contributed by atoms with van der Waals surface area (Å²) in [5.74, 6) is -0.321. The summed E-state index contributed by atoms with van der Waals surface area (Å²) in [5, 5.41) is 9.94. The average molecular weight is 525 g/mol. The summed E-state index contributed by atoms with van der Waals surface area (Å²) in [6.07, 6.45) is 1.71. The number of carboxylic acid groups (broad SMARTS) is 1. The Morgan fingerprint density at radius 3 is 2.59 bits per heavy atom. The number of halogens is 2. The molecule has 0 unspecified atom stereocenters. The summed E-state index contributed by atoms with van der Waals surface area (Å²) < 4.78 is 33.4. The number of unbranched alkanes of at least 4 members (excludes halogenated alkanes) is 2. The molecule has 0 fully saturated rings. The summed E-state index contributed by atoms with van der Waals surface area (Å²) in [5.41, 5.74) is 1.91. The van der Waals surface area contributed by atoms with Gasteiger partial charge in [-0.15, -0.1) is 0 Å². The van der Waals surface area contributed by atoms with Crippen LogP contribution in [0.3, 0.4) is 0 Å². The van der Waals surface area contributed by atoms with Crippen LogP contribution in [0.2, 0.25) is 10.0 Å². The first-order valence-corrected chi connectivity index (χ1v) is 12.9. The molecule has 0 amide bonds. The minimum absolute atomic E-state index is 0.00889. The molecule has 3 aromatic rings. The summed E-state index contributed by atoms with van der Waals surface area (Å²) >= 11 is 12.9. The van der Waals surface area contributed by atoms with Gasteiger partial charge in [0.05, 0.1) is 5.02 Å². The van der Waals surface area contributed by atoms with E-state index in [0.717, 1.165) is 11.1 Å². The maximum atomic E-state index is 13.1. The number of nitrogens with zero attached hydrogens (tertiary/aromatic N) is 2. The zero-order chi connectivity index (χ0) is 24.9. The fourth-order valence-electron chi connectivity index (χ4n) is 3.47. The second kappa shape index (κ2) is 11.4. The first kappa shape index (κ1) is 26.2. The van der Waals surface area contributed by atoms with E-state index < -0.39 is 16.0 Å². The maximum absolute atomic E-state index is 13.1. The van der Waals surface area contributed by atoms with Crippen molar-refractivity contribution in [1.29, 1.82) is 0 Å². The van der Waals surface area contributed by atoms with Crippen molar-refractivity contribution < 1.29 is 23.1 Å². The van der Waals surface area contributed by atoms with Crippen molar-refractivity contribution in [3.05, 3.63) is 63.8 Å². The number of sulfonamides is 1. The molecule has 1 aromatic heterocycles. The maximum Gasteiger partial charge on any atom is 0.303 e. The Bertz CT molecular complexity index is 1300. The largest absolute Gasteiger partial charge is 0.487 e. The third-order valence-corrected chi connectivity index (χ3v) is 8.19. The molecule has 10 heteroatoms. The summed E-state index contributed by atoms with van der Waals surface area (Å²) in [7, 11) is -2.41. The van der Waals surface area contributed by atoms with E-state index in [9.17, 15) is 13.2 Å². The van der Waals surface area contributed by atoms with Gasteiger partial charge in [-0.25, -0.2) is 17.7 Å². The molecule has 1 heterocycles. The second-order valence-electron chi connectivity index (χ2n) is 7.94. The van der Waals surface area contributed by atoms with Crippen molar-refractivity contribution in [3.8, 4) is 5.75 Å². The van der Waals surface area contributed by atoms with Crippen molar-refractivity contribution in [3.63, 3.8) is 0 Å². The van der Waals surface area contributed by atoms with Crippen LogP contribution in [-0.4, -0.2) is 42.4 Å². The van der Waals surface area contributed by atoms with Crippen LogP contribution in [0.1, 0.15) is 36.9 Å². The van der Waals surface area contributed by atoms with Gasteiger partial charge < -0.3 is 9.84 Å². The molecule has 0 aliphatic rings. The number of hydrogen-bond donors (Lipinski definition) is 1. The molecule has 0 atom stereocenters. The minimum Gasteiger partial charge on any atom is -0.487 e. The molecule has 0 saturated heterocycles. The van der Waals surface area contributed by atoms with Crippen LogP contribution in [0.5, 0.6) is 5.75 Å². The number of ether oxygens (including phenoxy) is 1. The normalized spacial score (nSPS) is 11.8. The topological polar surface area (TPSA) is 96.8 Å². The van der Waals surface area contributed by atoms with Gasteiger partial charge in [0, 0.05) is 41.7 Å². The number of aliphatic carboxylic acids is 1. The Morgan fingerprint density at radius 2 is 1.85 bits per heavy atom. The summed E-state index contributed by atoms with van der Waals surface area (Å²) in [4.78, 5) is 15.1. The lowest BCUT2D eigenvalue weighted by Gasteiger charge is -2.20. The van der Waals surface area contributed by atoms with Gasteiger partial charge in [0.2, 0.25) is 10.0 Å². The number of benzene rings is 2. The third kappa shape index (κ3) is 6.18. The molecule has 34 heavy (non-hydrogen) atoms. The van der Waals surface area contributed by atoms with E-state index in [1.54, 1.807) is 6.07 Å². The molecule has 0 aliphatic heterocycles. The lowest BCUT2D eigenvalue weighted by atomic mass is 10.2. The van der Waals surface area contributed by atoms with Gasteiger partial charge in [-0.1, -0.05) is 47.8 Å². The van der Waals surface area contributed by atoms with Gasteiger partial charge in [-0.05, 0) is 44.0 Å². The van der Waals surface area contributed by atoms with Crippen molar-refractivity contribution in [2.45, 2.75) is 44.1 Å². The van der Waals surface area contributed by atoms with Crippen LogP contribution in [-0.2, 0) is 21.4 Å². The van der Waals surface area contributed by atoms with Gasteiger partial charge in [0.25, 0.3) is 0 Å². The van der Waals surface area contributed by atoms with Gasteiger partial charge in [-0.2, -0.15) is 0 Å². The highest BCUT2D eigenvalue weighted by Gasteiger charge is 2.26. The van der Waals surface area contributed by atoms with Gasteiger partial charge >= 0.3 is 5.97 Å². The lowest BCUT2D eigenvalue weighted by molar-refractivity contribution is -0.137. The van der Waals surface area contributed by atoms with Crippen LogP contribution in [0.15, 0.2) is 47.4 Å². The predicted molar refractivity (Wildman–Crippen MR) is 133 cm³/mol. The Hall–Kier alpha value is -2.39. The van der Waals surface area contributed by atoms with E-state index in [4.69, 9.17) is 33.0 Å². The monoisotopic (exact) mass is 524 g/mol. The van der Waals surface area contributed by atoms with Gasteiger partial charge in [0.15, 0.2) is 0 Å². The second-order valence-corrected chi connectivity index (χ2v) is 10.7. The lowest BCUT2D eigenvalue weighted by Crippen LogP contribution is -2.28.